The molecular weight excluding hydrogens is 182 g/mol. The van der Waals surface area contributed by atoms with Crippen molar-refractivity contribution in [2.75, 3.05) is 0 Å². The predicted molar refractivity (Wildman–Crippen MR) is 68.5 cm³/mol. The number of rotatable bonds is 3. The highest BCUT2D eigenvalue weighted by atomic mass is 14.7. The summed E-state index contributed by atoms with van der Waals surface area (Å²) in [7, 11) is 0. The van der Waals surface area contributed by atoms with Crippen LogP contribution in [-0.4, -0.2) is 4.98 Å². The zero-order chi connectivity index (χ0) is 10.8. The summed E-state index contributed by atoms with van der Waals surface area (Å²) in [5.41, 5.74) is 4.14. The standard InChI is InChI=1S/C14H19N.H2/c1-4-10(3)12-6-7-13-11(5-2)9-15-14(13)8-12;/h6-10,15H,4-5H2,1-3H3;1H. The number of hydrogen-bond acceptors (Lipinski definition) is 0. The molecule has 1 N–H and O–H groups in total. The van der Waals surface area contributed by atoms with Crippen molar-refractivity contribution in [3.05, 3.63) is 35.5 Å². The maximum atomic E-state index is 3.36. The van der Waals surface area contributed by atoms with Gasteiger partial charge in [-0.1, -0.05) is 32.9 Å². The molecule has 82 valence electrons. The van der Waals surface area contributed by atoms with E-state index in [1.807, 2.05) is 0 Å². The van der Waals surface area contributed by atoms with E-state index >= 15 is 0 Å². The second kappa shape index (κ2) is 4.09. The summed E-state index contributed by atoms with van der Waals surface area (Å²) >= 11 is 0. The van der Waals surface area contributed by atoms with E-state index in [2.05, 4.69) is 50.2 Å². The van der Waals surface area contributed by atoms with Gasteiger partial charge >= 0.3 is 0 Å². The lowest BCUT2D eigenvalue weighted by molar-refractivity contribution is 0.734. The Labute approximate surface area is 93.0 Å². The van der Waals surface area contributed by atoms with E-state index in [1.165, 1.54) is 28.5 Å². The number of aromatic nitrogens is 1. The van der Waals surface area contributed by atoms with Gasteiger partial charge in [0.1, 0.15) is 0 Å². The minimum absolute atomic E-state index is 0. The van der Waals surface area contributed by atoms with Crippen LogP contribution in [0.5, 0.6) is 0 Å². The molecular formula is C14H21N. The first-order valence-electron chi connectivity index (χ1n) is 5.86. The van der Waals surface area contributed by atoms with Crippen molar-refractivity contribution in [1.82, 2.24) is 4.98 Å². The fraction of sp³-hybridized carbons (Fsp3) is 0.429. The van der Waals surface area contributed by atoms with Gasteiger partial charge in [0.05, 0.1) is 0 Å². The van der Waals surface area contributed by atoms with Crippen LogP contribution < -0.4 is 0 Å². The second-order valence-corrected chi connectivity index (χ2v) is 4.28. The van der Waals surface area contributed by atoms with E-state index in [0.29, 0.717) is 5.92 Å². The van der Waals surface area contributed by atoms with Crippen LogP contribution in [0.3, 0.4) is 0 Å². The van der Waals surface area contributed by atoms with Gasteiger partial charge in [-0.25, -0.2) is 0 Å². The summed E-state index contributed by atoms with van der Waals surface area (Å²) in [5, 5.41) is 1.38. The number of hydrogen-bond donors (Lipinski definition) is 1. The first-order chi connectivity index (χ1) is 7.26. The monoisotopic (exact) mass is 203 g/mol. The third-order valence-electron chi connectivity index (χ3n) is 3.35. The van der Waals surface area contributed by atoms with Crippen LogP contribution in [0.15, 0.2) is 24.4 Å². The number of nitrogens with one attached hydrogen (secondary N) is 1. The van der Waals surface area contributed by atoms with E-state index in [4.69, 9.17) is 0 Å². The van der Waals surface area contributed by atoms with Crippen LogP contribution in [-0.2, 0) is 6.42 Å². The van der Waals surface area contributed by atoms with Crippen LogP contribution in [0.2, 0.25) is 0 Å². The maximum Gasteiger partial charge on any atom is 0.0459 e. The fourth-order valence-corrected chi connectivity index (χ4v) is 2.04. The molecule has 2 aromatic rings. The van der Waals surface area contributed by atoms with Gasteiger partial charge in [0.15, 0.2) is 0 Å². The van der Waals surface area contributed by atoms with E-state index in [0.717, 1.165) is 6.42 Å². The van der Waals surface area contributed by atoms with Crippen molar-refractivity contribution in [3.63, 3.8) is 0 Å². The highest BCUT2D eigenvalue weighted by Crippen LogP contribution is 2.25. The van der Waals surface area contributed by atoms with E-state index in [-0.39, 0.29) is 1.43 Å². The molecule has 1 atom stereocenters. The lowest BCUT2D eigenvalue weighted by Gasteiger charge is -2.08. The molecule has 0 spiro atoms. The molecule has 1 heteroatoms. The summed E-state index contributed by atoms with van der Waals surface area (Å²) in [6.07, 6.45) is 4.43. The van der Waals surface area contributed by atoms with Gasteiger partial charge in [0, 0.05) is 18.5 Å². The molecule has 0 saturated carbocycles. The molecule has 0 fully saturated rings. The topological polar surface area (TPSA) is 15.8 Å². The van der Waals surface area contributed by atoms with Gasteiger partial charge in [-0.2, -0.15) is 0 Å². The average Bonchev–Trinajstić information content (AvgIpc) is 2.69. The average molecular weight is 203 g/mol. The third kappa shape index (κ3) is 1.79. The summed E-state index contributed by atoms with van der Waals surface area (Å²) in [6, 6.07) is 6.82. The largest absolute Gasteiger partial charge is 0.361 e. The highest BCUT2D eigenvalue weighted by molar-refractivity contribution is 5.83. The van der Waals surface area contributed by atoms with E-state index < -0.39 is 0 Å². The molecule has 0 bridgehead atoms. The van der Waals surface area contributed by atoms with Crippen LogP contribution in [0, 0.1) is 0 Å². The molecule has 0 aliphatic rings. The molecule has 1 unspecified atom stereocenters. The minimum Gasteiger partial charge on any atom is -0.361 e. The SMILES string of the molecule is CCc1c[nH]c2cc(C(C)CC)ccc12.[HH]. The zero-order valence-electron chi connectivity index (χ0n) is 9.80. The van der Waals surface area contributed by atoms with E-state index in [9.17, 15) is 0 Å². The Kier molecular flexibility index (Phi) is 2.81. The molecule has 1 heterocycles. The van der Waals surface area contributed by atoms with Crippen LogP contribution >= 0.6 is 0 Å². The second-order valence-electron chi connectivity index (χ2n) is 4.28. The van der Waals surface area contributed by atoms with Crippen molar-refractivity contribution >= 4 is 10.9 Å². The zero-order valence-corrected chi connectivity index (χ0v) is 9.80. The van der Waals surface area contributed by atoms with Crippen molar-refractivity contribution in [1.29, 1.82) is 0 Å². The van der Waals surface area contributed by atoms with Crippen molar-refractivity contribution in [2.24, 2.45) is 0 Å². The molecule has 0 aliphatic heterocycles. The molecule has 0 aliphatic carbocycles. The van der Waals surface area contributed by atoms with Crippen molar-refractivity contribution in [2.45, 2.75) is 39.5 Å². The Morgan fingerprint density at radius 2 is 2.13 bits per heavy atom. The summed E-state index contributed by atoms with van der Waals surface area (Å²) in [5.74, 6) is 0.655. The normalized spacial score (nSPS) is 13.3. The van der Waals surface area contributed by atoms with Crippen molar-refractivity contribution < 1.29 is 1.43 Å². The Morgan fingerprint density at radius 1 is 1.33 bits per heavy atom. The number of aryl methyl sites for hydroxylation is 1. The molecule has 1 nitrogen and oxygen atoms in total. The number of H-pyrrole nitrogens is 1. The molecule has 1 aromatic carbocycles. The van der Waals surface area contributed by atoms with Gasteiger partial charge in [-0.15, -0.1) is 0 Å². The molecule has 0 saturated heterocycles. The lowest BCUT2D eigenvalue weighted by Crippen LogP contribution is -1.90. The first kappa shape index (κ1) is 10.3. The Bertz CT molecular complexity index is 459. The minimum atomic E-state index is 0. The quantitative estimate of drug-likeness (QED) is 0.756. The molecule has 0 amide bonds. The fourth-order valence-electron chi connectivity index (χ4n) is 2.04. The van der Waals surface area contributed by atoms with Gasteiger partial charge in [-0.05, 0) is 36.0 Å². The smallest absolute Gasteiger partial charge is 0.0459 e. The van der Waals surface area contributed by atoms with E-state index in [1.54, 1.807) is 0 Å². The van der Waals surface area contributed by atoms with Gasteiger partial charge in [0.2, 0.25) is 0 Å². The molecule has 0 radical (unpaired) electrons. The van der Waals surface area contributed by atoms with Crippen molar-refractivity contribution in [3.8, 4) is 0 Å². The lowest BCUT2D eigenvalue weighted by atomic mass is 9.97. The Balaban J connectivity index is 0.00000128. The highest BCUT2D eigenvalue weighted by Gasteiger charge is 2.06. The summed E-state index contributed by atoms with van der Waals surface area (Å²) < 4.78 is 0. The number of fused-ring (bicyclic) bond motifs is 1. The number of benzene rings is 1. The van der Waals surface area contributed by atoms with Gasteiger partial charge < -0.3 is 4.98 Å². The molecule has 15 heavy (non-hydrogen) atoms. The maximum absolute atomic E-state index is 3.36. The van der Waals surface area contributed by atoms with Gasteiger partial charge in [0.25, 0.3) is 0 Å². The molecule has 1 aromatic heterocycles. The third-order valence-corrected chi connectivity index (χ3v) is 3.35. The number of aromatic amines is 1. The van der Waals surface area contributed by atoms with Crippen LogP contribution in [0.4, 0.5) is 0 Å². The molecule has 2 rings (SSSR count). The van der Waals surface area contributed by atoms with Gasteiger partial charge in [-0.3, -0.25) is 0 Å². The van der Waals surface area contributed by atoms with Crippen LogP contribution in [0.25, 0.3) is 10.9 Å². The first-order valence-corrected chi connectivity index (χ1v) is 5.86. The van der Waals surface area contributed by atoms with Crippen LogP contribution in [0.1, 0.15) is 45.7 Å². The Morgan fingerprint density at radius 3 is 2.80 bits per heavy atom. The summed E-state index contributed by atoms with van der Waals surface area (Å²) in [6.45, 7) is 6.72. The summed E-state index contributed by atoms with van der Waals surface area (Å²) in [4.78, 5) is 3.36. The predicted octanol–water partition coefficient (Wildman–Crippen LogP) is 4.49. The Hall–Kier alpha value is -1.24.